The molecule has 1 rings (SSSR count). The van der Waals surface area contributed by atoms with Gasteiger partial charge >= 0.3 is 7.60 Å². The van der Waals surface area contributed by atoms with Crippen molar-refractivity contribution in [2.45, 2.75) is 25.9 Å². The third-order valence-electron chi connectivity index (χ3n) is 2.44. The van der Waals surface area contributed by atoms with E-state index in [1.807, 2.05) is 13.8 Å². The normalized spacial score (nSPS) is 13.1. The minimum Gasteiger partial charge on any atom is -0.353 e. The van der Waals surface area contributed by atoms with E-state index in [0.717, 1.165) is 5.56 Å². The maximum absolute atomic E-state index is 11.3. The molecule has 0 heterocycles. The van der Waals surface area contributed by atoms with Gasteiger partial charge in [0.15, 0.2) is 0 Å². The highest BCUT2D eigenvalue weighted by Gasteiger charge is 2.20. The second-order valence-corrected chi connectivity index (χ2v) is 8.35. The van der Waals surface area contributed by atoms with Gasteiger partial charge in [0.1, 0.15) is 7.34 Å². The molecule has 0 aromatic heterocycles. The van der Waals surface area contributed by atoms with Gasteiger partial charge in [0.05, 0.1) is 5.30 Å². The zero-order valence-corrected chi connectivity index (χ0v) is 12.1. The number of hydrogen-bond acceptors (Lipinski definition) is 3. The average molecular weight is 292 g/mol. The molecule has 0 aliphatic rings. The van der Waals surface area contributed by atoms with Crippen molar-refractivity contribution in [1.29, 1.82) is 0 Å². The van der Waals surface area contributed by atoms with Crippen LogP contribution in [0.5, 0.6) is 0 Å². The Balaban J connectivity index is 3.32. The van der Waals surface area contributed by atoms with Crippen molar-refractivity contribution in [2.24, 2.45) is 0 Å². The highest BCUT2D eigenvalue weighted by molar-refractivity contribution is 7.61. The van der Waals surface area contributed by atoms with Gasteiger partial charge in [-0.1, -0.05) is 26.2 Å². The first kappa shape index (κ1) is 15.6. The van der Waals surface area contributed by atoms with Gasteiger partial charge in [-0.3, -0.25) is 4.57 Å². The summed E-state index contributed by atoms with van der Waals surface area (Å²) >= 11 is 0. The zero-order valence-electron chi connectivity index (χ0n) is 10.3. The van der Waals surface area contributed by atoms with Crippen LogP contribution in [-0.2, 0) is 10.7 Å². The van der Waals surface area contributed by atoms with E-state index in [0.29, 0.717) is 5.56 Å². The molecule has 5 nitrogen and oxygen atoms in total. The molecule has 1 aromatic rings. The molecule has 0 radical (unpaired) electrons. The fraction of sp³-hybridized carbons (Fsp3) is 0.364. The fourth-order valence-electron chi connectivity index (χ4n) is 1.58. The van der Waals surface area contributed by atoms with Gasteiger partial charge < -0.3 is 19.6 Å². The van der Waals surface area contributed by atoms with Gasteiger partial charge in [-0.05, 0) is 29.2 Å². The van der Waals surface area contributed by atoms with E-state index < -0.39 is 14.9 Å². The molecule has 0 bridgehead atoms. The van der Waals surface area contributed by atoms with Gasteiger partial charge in [0.25, 0.3) is 0 Å². The van der Waals surface area contributed by atoms with Crippen LogP contribution < -0.4 is 5.30 Å². The SMILES string of the molecule is C=P(O)(O)Cc1cc(C(C)C)cc(P(=O)(O)O)c1. The van der Waals surface area contributed by atoms with E-state index in [-0.39, 0.29) is 17.4 Å². The first-order valence-electron chi connectivity index (χ1n) is 5.37. The van der Waals surface area contributed by atoms with Gasteiger partial charge in [-0.25, -0.2) is 0 Å². The second kappa shape index (κ2) is 5.30. The van der Waals surface area contributed by atoms with E-state index in [2.05, 4.69) is 6.30 Å². The predicted molar refractivity (Wildman–Crippen MR) is 74.4 cm³/mol. The lowest BCUT2D eigenvalue weighted by Crippen LogP contribution is -2.08. The van der Waals surface area contributed by atoms with Gasteiger partial charge in [-0.2, -0.15) is 0 Å². The molecule has 18 heavy (non-hydrogen) atoms. The molecule has 102 valence electrons. The largest absolute Gasteiger partial charge is 0.356 e. The van der Waals surface area contributed by atoms with Crippen LogP contribution >= 0.6 is 14.9 Å². The van der Waals surface area contributed by atoms with Crippen molar-refractivity contribution >= 4 is 26.5 Å². The van der Waals surface area contributed by atoms with Crippen molar-refractivity contribution in [2.75, 3.05) is 0 Å². The summed E-state index contributed by atoms with van der Waals surface area (Å²) in [5.74, 6) is 0.0881. The van der Waals surface area contributed by atoms with E-state index in [4.69, 9.17) is 0 Å². The Morgan fingerprint density at radius 1 is 1.17 bits per heavy atom. The molecule has 0 unspecified atom stereocenters. The number of hydrogen-bond donors (Lipinski definition) is 4. The van der Waals surface area contributed by atoms with Gasteiger partial charge in [0.2, 0.25) is 0 Å². The highest BCUT2D eigenvalue weighted by Crippen LogP contribution is 2.40. The van der Waals surface area contributed by atoms with E-state index in [9.17, 15) is 24.1 Å². The lowest BCUT2D eigenvalue weighted by molar-refractivity contribution is 0.387. The zero-order chi connectivity index (χ0) is 14.1. The summed E-state index contributed by atoms with van der Waals surface area (Å²) in [6.07, 6.45) is 3.18. The fourth-order valence-corrected chi connectivity index (χ4v) is 3.00. The minimum absolute atomic E-state index is 0.0828. The molecule has 0 spiro atoms. The summed E-state index contributed by atoms with van der Waals surface area (Å²) in [5.41, 5.74) is 1.23. The number of rotatable bonds is 4. The summed E-state index contributed by atoms with van der Waals surface area (Å²) in [6, 6.07) is 4.47. The van der Waals surface area contributed by atoms with Crippen LogP contribution in [0.1, 0.15) is 30.9 Å². The molecule has 0 aliphatic heterocycles. The summed E-state index contributed by atoms with van der Waals surface area (Å²) in [5, 5.41) is -0.0999. The van der Waals surface area contributed by atoms with E-state index >= 15 is 0 Å². The molecule has 0 saturated heterocycles. The van der Waals surface area contributed by atoms with Crippen LogP contribution in [0.3, 0.4) is 0 Å². The third kappa shape index (κ3) is 4.69. The van der Waals surface area contributed by atoms with Gasteiger partial charge in [-0.15, -0.1) is 0 Å². The van der Waals surface area contributed by atoms with Crippen LogP contribution in [0.15, 0.2) is 18.2 Å². The Labute approximate surface area is 106 Å². The van der Waals surface area contributed by atoms with Crippen molar-refractivity contribution in [3.63, 3.8) is 0 Å². The van der Waals surface area contributed by atoms with Crippen LogP contribution in [0.2, 0.25) is 0 Å². The van der Waals surface area contributed by atoms with Crippen LogP contribution in [0, 0.1) is 0 Å². The summed E-state index contributed by atoms with van der Waals surface area (Å²) in [4.78, 5) is 37.1. The second-order valence-electron chi connectivity index (χ2n) is 4.67. The van der Waals surface area contributed by atoms with Crippen LogP contribution in [0.4, 0.5) is 0 Å². The monoisotopic (exact) mass is 292 g/mol. The summed E-state index contributed by atoms with van der Waals surface area (Å²) in [7, 11) is -7.61. The first-order chi connectivity index (χ1) is 7.99. The standard InChI is InChI=1S/C11H18O5P2/c1-8(2)10-4-9(7-17(3,12)13)5-11(6-10)18(14,15)16/h4-6,8,12-13H,3,7H2,1-2H3,(H2,14,15,16). The summed E-state index contributed by atoms with van der Waals surface area (Å²) in [6.45, 7) is 3.79. The topological polar surface area (TPSA) is 98.0 Å². The Morgan fingerprint density at radius 2 is 1.72 bits per heavy atom. The predicted octanol–water partition coefficient (Wildman–Crippen LogP) is 1.38. The molecular formula is C11H18O5P2. The van der Waals surface area contributed by atoms with E-state index in [1.54, 1.807) is 6.07 Å². The molecule has 4 N–H and O–H groups in total. The molecule has 0 amide bonds. The van der Waals surface area contributed by atoms with Crippen molar-refractivity contribution in [3.05, 3.63) is 29.3 Å². The van der Waals surface area contributed by atoms with E-state index in [1.165, 1.54) is 12.1 Å². The lowest BCUT2D eigenvalue weighted by atomic mass is 10.0. The first-order valence-corrected chi connectivity index (χ1v) is 9.04. The maximum Gasteiger partial charge on any atom is 0.356 e. The molecule has 1 aromatic carbocycles. The van der Waals surface area contributed by atoms with Crippen molar-refractivity contribution in [3.8, 4) is 0 Å². The van der Waals surface area contributed by atoms with Crippen molar-refractivity contribution < 1.29 is 24.1 Å². The molecule has 0 atom stereocenters. The molecule has 0 saturated carbocycles. The van der Waals surface area contributed by atoms with Crippen LogP contribution in [-0.4, -0.2) is 25.9 Å². The Hall–Kier alpha value is -0.410. The van der Waals surface area contributed by atoms with Crippen molar-refractivity contribution in [1.82, 2.24) is 0 Å². The Morgan fingerprint density at radius 3 is 2.11 bits per heavy atom. The lowest BCUT2D eigenvalue weighted by Gasteiger charge is -2.15. The van der Waals surface area contributed by atoms with Crippen LogP contribution in [0.25, 0.3) is 0 Å². The smallest absolute Gasteiger partial charge is 0.353 e. The Bertz CT molecular complexity index is 526. The van der Waals surface area contributed by atoms with Gasteiger partial charge in [0, 0.05) is 6.16 Å². The molecule has 0 aliphatic carbocycles. The molecule has 0 fully saturated rings. The quantitative estimate of drug-likeness (QED) is 0.628. The summed E-state index contributed by atoms with van der Waals surface area (Å²) < 4.78 is 11.3. The average Bonchev–Trinajstić information content (AvgIpc) is 2.12. The number of benzene rings is 1. The Kier molecular flexibility index (Phi) is 4.60. The molecular weight excluding hydrogens is 274 g/mol. The highest BCUT2D eigenvalue weighted by atomic mass is 31.2. The maximum atomic E-state index is 11.3. The minimum atomic E-state index is -4.35. The third-order valence-corrected chi connectivity index (χ3v) is 4.24. The molecule has 7 heteroatoms.